The Hall–Kier alpha value is -4.17. The smallest absolute Gasteiger partial charge is 0.413 e. The van der Waals surface area contributed by atoms with E-state index in [1.807, 2.05) is 0 Å². The maximum atomic E-state index is 13.6. The third-order valence-electron chi connectivity index (χ3n) is 5.55. The van der Waals surface area contributed by atoms with E-state index in [0.29, 0.717) is 5.82 Å². The molecule has 45 heavy (non-hydrogen) atoms. The van der Waals surface area contributed by atoms with Crippen molar-refractivity contribution in [1.82, 2.24) is 29.4 Å². The Morgan fingerprint density at radius 3 is 2.24 bits per heavy atom. The molecule has 3 rings (SSSR count). The van der Waals surface area contributed by atoms with Gasteiger partial charge in [-0.3, -0.25) is 24.1 Å². The van der Waals surface area contributed by atoms with E-state index in [1.165, 1.54) is 30.2 Å². The Balaban J connectivity index is 1.93. The second-order valence-corrected chi connectivity index (χ2v) is 14.5. The molecule has 0 aliphatic carbocycles. The van der Waals surface area contributed by atoms with Crippen LogP contribution in [-0.2, 0) is 45.5 Å². The van der Waals surface area contributed by atoms with E-state index in [2.05, 4.69) is 30.9 Å². The van der Waals surface area contributed by atoms with E-state index >= 15 is 0 Å². The zero-order valence-corrected chi connectivity index (χ0v) is 27.8. The molecule has 1 fully saturated rings. The van der Waals surface area contributed by atoms with Crippen LogP contribution in [0.25, 0.3) is 0 Å². The maximum Gasteiger partial charge on any atom is 0.413 e. The van der Waals surface area contributed by atoms with E-state index in [9.17, 15) is 32.1 Å². The summed E-state index contributed by atoms with van der Waals surface area (Å²) in [5, 5.41) is 14.1. The van der Waals surface area contributed by atoms with E-state index < -0.39 is 68.8 Å². The first-order chi connectivity index (χ1) is 20.5. The Bertz CT molecular complexity index is 1600. The molecule has 3 amide bonds. The zero-order valence-electron chi connectivity index (χ0n) is 26.1. The van der Waals surface area contributed by atoms with Crippen molar-refractivity contribution < 1.29 is 46.5 Å². The lowest BCUT2D eigenvalue weighted by Gasteiger charge is -2.43. The van der Waals surface area contributed by atoms with Gasteiger partial charge < -0.3 is 19.6 Å². The van der Waals surface area contributed by atoms with Gasteiger partial charge in [0, 0.05) is 5.38 Å². The number of ether oxygens (including phenoxy) is 2. The summed E-state index contributed by atoms with van der Waals surface area (Å²) in [5.74, 6) is -2.63. The minimum atomic E-state index is -4.99. The zero-order chi connectivity index (χ0) is 34.1. The Morgan fingerprint density at radius 2 is 1.71 bits per heavy atom. The van der Waals surface area contributed by atoms with Crippen LogP contribution in [0.5, 0.6) is 0 Å². The van der Waals surface area contributed by atoms with Gasteiger partial charge >= 0.3 is 22.4 Å². The molecular weight excluding hydrogens is 636 g/mol. The van der Waals surface area contributed by atoms with E-state index in [4.69, 9.17) is 14.3 Å². The number of carbonyl (C=O) groups excluding carboxylic acids is 4. The fourth-order valence-electron chi connectivity index (χ4n) is 3.65. The van der Waals surface area contributed by atoms with Crippen LogP contribution >= 0.6 is 11.3 Å². The van der Waals surface area contributed by atoms with Crippen molar-refractivity contribution in [1.29, 1.82) is 0 Å². The van der Waals surface area contributed by atoms with Crippen LogP contribution in [-0.4, -0.2) is 95.5 Å². The summed E-state index contributed by atoms with van der Waals surface area (Å²) >= 11 is 0.908. The highest BCUT2D eigenvalue weighted by molar-refractivity contribution is 7.84. The first-order valence-electron chi connectivity index (χ1n) is 13.4. The lowest BCUT2D eigenvalue weighted by Crippen LogP contribution is -2.73. The lowest BCUT2D eigenvalue weighted by molar-refractivity contribution is -0.179. The number of aromatic nitrogens is 4. The molecule has 2 aromatic heterocycles. The number of thiazole rings is 1. The largest absolute Gasteiger partial charge is 0.457 e. The van der Waals surface area contributed by atoms with Gasteiger partial charge in [-0.05, 0) is 62.3 Å². The number of rotatable bonds is 10. The third-order valence-corrected chi connectivity index (χ3v) is 7.26. The van der Waals surface area contributed by atoms with Gasteiger partial charge in [-0.25, -0.2) is 23.9 Å². The molecular formula is C25H36N8O10S2. The Labute approximate surface area is 263 Å². The average Bonchev–Trinajstić information content (AvgIpc) is 3.47. The molecule has 0 saturated carbocycles. The summed E-state index contributed by atoms with van der Waals surface area (Å²) in [6.07, 6.45) is 0.470. The van der Waals surface area contributed by atoms with E-state index in [1.54, 1.807) is 48.5 Å². The highest BCUT2D eigenvalue weighted by atomic mass is 32.2. The van der Waals surface area contributed by atoms with Gasteiger partial charge in [0.1, 0.15) is 35.1 Å². The SMILES string of the molecule is Cc1ncn(C[C@@H]2[C@H](NC(=O)C(=NOC(C)(C)C(=O)OC(C)(C)C)c3csc(NC(=O)OC(C)(C)C)n3)C(=O)N2S(=O)(=O)O)n1. The fraction of sp³-hybridized carbons (Fsp3) is 0.600. The van der Waals surface area contributed by atoms with Crippen molar-refractivity contribution in [3.05, 3.63) is 23.2 Å². The quantitative estimate of drug-likeness (QED) is 0.107. The van der Waals surface area contributed by atoms with Gasteiger partial charge in [0.25, 0.3) is 11.8 Å². The number of aryl methyl sites for hydroxylation is 1. The second kappa shape index (κ2) is 12.7. The number of β-lactam (4-membered cyclic amide) rings is 1. The molecule has 20 heteroatoms. The van der Waals surface area contributed by atoms with Crippen LogP contribution in [0.4, 0.5) is 9.93 Å². The summed E-state index contributed by atoms with van der Waals surface area (Å²) < 4.78 is 45.5. The molecule has 0 bridgehead atoms. The summed E-state index contributed by atoms with van der Waals surface area (Å²) in [7, 11) is -4.99. The van der Waals surface area contributed by atoms with Gasteiger partial charge in [-0.1, -0.05) is 5.16 Å². The van der Waals surface area contributed by atoms with Gasteiger partial charge in [0.15, 0.2) is 10.8 Å². The van der Waals surface area contributed by atoms with Crippen molar-refractivity contribution in [2.45, 2.75) is 97.7 Å². The molecule has 0 aromatic carbocycles. The molecule has 0 radical (unpaired) electrons. The molecule has 3 heterocycles. The number of hydrogen-bond acceptors (Lipinski definition) is 14. The predicted molar refractivity (Wildman–Crippen MR) is 158 cm³/mol. The minimum absolute atomic E-state index is 0.0165. The summed E-state index contributed by atoms with van der Waals surface area (Å²) in [5.41, 5.74) is -4.03. The fourth-order valence-corrected chi connectivity index (χ4v) is 5.20. The van der Waals surface area contributed by atoms with Crippen LogP contribution in [0.3, 0.4) is 0 Å². The number of hydrogen-bond donors (Lipinski definition) is 3. The van der Waals surface area contributed by atoms with Crippen LogP contribution < -0.4 is 10.6 Å². The lowest BCUT2D eigenvalue weighted by atomic mass is 9.98. The van der Waals surface area contributed by atoms with Crippen LogP contribution in [0.1, 0.15) is 66.9 Å². The van der Waals surface area contributed by atoms with Crippen molar-refractivity contribution in [3.8, 4) is 0 Å². The molecule has 1 aliphatic heterocycles. The Morgan fingerprint density at radius 1 is 1.09 bits per heavy atom. The first kappa shape index (κ1) is 35.3. The maximum absolute atomic E-state index is 13.6. The molecule has 2 aromatic rings. The van der Waals surface area contributed by atoms with Crippen molar-refractivity contribution in [3.63, 3.8) is 0 Å². The van der Waals surface area contributed by atoms with Crippen LogP contribution in [0.15, 0.2) is 16.9 Å². The van der Waals surface area contributed by atoms with Gasteiger partial charge in [0.05, 0.1) is 12.6 Å². The molecule has 3 N–H and O–H groups in total. The van der Waals surface area contributed by atoms with Crippen LogP contribution in [0.2, 0.25) is 0 Å². The molecule has 248 valence electrons. The number of amides is 3. The highest BCUT2D eigenvalue weighted by Crippen LogP contribution is 2.26. The number of nitrogens with one attached hydrogen (secondary N) is 2. The Kier molecular flexibility index (Phi) is 9.95. The summed E-state index contributed by atoms with van der Waals surface area (Å²) in [6, 6.07) is -2.76. The topological polar surface area (TPSA) is 234 Å². The third kappa shape index (κ3) is 9.41. The first-order valence-corrected chi connectivity index (χ1v) is 15.7. The summed E-state index contributed by atoms with van der Waals surface area (Å²) in [4.78, 5) is 64.9. The summed E-state index contributed by atoms with van der Waals surface area (Å²) in [6.45, 7) is 14.0. The van der Waals surface area contributed by atoms with Crippen molar-refractivity contribution >= 4 is 56.4 Å². The van der Waals surface area contributed by atoms with Gasteiger partial charge in [0.2, 0.25) is 5.60 Å². The van der Waals surface area contributed by atoms with E-state index in [0.717, 1.165) is 11.3 Å². The standard InChI is InChI=1S/C25H36N8O10S2/c1-13-26-12-32(30-13)10-15-17(19(35)33(15)45(38,39)40)28-18(34)16(31-43-25(8,9)20(36)41-23(2,3)4)14-11-44-21(27-14)29-22(37)42-24(5,6)7/h11-12,15,17H,10H2,1-9H3,(H,28,34)(H,27,29,37)(H,38,39,40)/t15-,17+/m1/s1. The number of carbonyl (C=O) groups is 4. The molecule has 0 spiro atoms. The predicted octanol–water partition coefficient (Wildman–Crippen LogP) is 1.43. The number of anilines is 1. The van der Waals surface area contributed by atoms with Gasteiger partial charge in [-0.2, -0.15) is 13.5 Å². The number of oxime groups is 1. The monoisotopic (exact) mass is 672 g/mol. The second-order valence-electron chi connectivity index (χ2n) is 12.4. The van der Waals surface area contributed by atoms with Crippen molar-refractivity contribution in [2.75, 3.05) is 5.32 Å². The number of nitrogens with zero attached hydrogens (tertiary/aromatic N) is 6. The van der Waals surface area contributed by atoms with Crippen LogP contribution in [0, 0.1) is 6.92 Å². The average molecular weight is 673 g/mol. The molecule has 0 unspecified atom stereocenters. The molecule has 2 atom stereocenters. The number of esters is 1. The van der Waals surface area contributed by atoms with Crippen molar-refractivity contribution in [2.24, 2.45) is 5.16 Å². The highest BCUT2D eigenvalue weighted by Gasteiger charge is 2.54. The molecule has 1 saturated heterocycles. The normalized spacial score (nSPS) is 17.8. The molecule has 1 aliphatic rings. The minimum Gasteiger partial charge on any atom is -0.457 e. The molecule has 18 nitrogen and oxygen atoms in total. The van der Waals surface area contributed by atoms with E-state index in [-0.39, 0.29) is 21.7 Å². The van der Waals surface area contributed by atoms with Gasteiger partial charge in [-0.15, -0.1) is 11.3 Å².